The van der Waals surface area contributed by atoms with Crippen molar-refractivity contribution in [3.63, 3.8) is 0 Å². The lowest BCUT2D eigenvalue weighted by Gasteiger charge is -2.30. The molecule has 1 fully saturated rings. The summed E-state index contributed by atoms with van der Waals surface area (Å²) in [6.45, 7) is 0.845. The number of hydrogen-bond donors (Lipinski definition) is 2. The van der Waals surface area contributed by atoms with E-state index in [1.807, 2.05) is 18.2 Å². The van der Waals surface area contributed by atoms with Gasteiger partial charge in [-0.15, -0.1) is 0 Å². The Hall–Kier alpha value is -2.26. The van der Waals surface area contributed by atoms with Crippen molar-refractivity contribution in [2.24, 2.45) is 0 Å². The first-order chi connectivity index (χ1) is 11.4. The van der Waals surface area contributed by atoms with Crippen LogP contribution in [0.15, 0.2) is 30.5 Å². The molecule has 0 atom stereocenters. The van der Waals surface area contributed by atoms with Gasteiger partial charge in [-0.1, -0.05) is 6.07 Å². The summed E-state index contributed by atoms with van der Waals surface area (Å²) in [6, 6.07) is 7.10. The standard InChI is InChI=1S/C15H19N5O3S/c1-24(22,23)20-8-5-11(6-9-20)17-15(21)14-10-13(18-19-14)12-4-2-3-7-16-12/h2-4,7,10-11H,5-6,8-9H2,1H3,(H,17,21)(H,18,19). The molecule has 24 heavy (non-hydrogen) atoms. The minimum Gasteiger partial charge on any atom is -0.348 e. The van der Waals surface area contributed by atoms with Gasteiger partial charge in [-0.25, -0.2) is 12.7 Å². The first-order valence-electron chi connectivity index (χ1n) is 7.66. The Kier molecular flexibility index (Phi) is 4.63. The van der Waals surface area contributed by atoms with Crippen molar-refractivity contribution >= 4 is 15.9 Å². The SMILES string of the molecule is CS(=O)(=O)N1CCC(NC(=O)c2cc(-c3ccccn3)n[nH]2)CC1. The number of piperidine rings is 1. The minimum absolute atomic E-state index is 0.0444. The maximum atomic E-state index is 12.3. The Balaban J connectivity index is 1.60. The average Bonchev–Trinajstić information content (AvgIpc) is 3.05. The van der Waals surface area contributed by atoms with Crippen LogP contribution in [-0.2, 0) is 10.0 Å². The highest BCUT2D eigenvalue weighted by molar-refractivity contribution is 7.88. The van der Waals surface area contributed by atoms with Crippen molar-refractivity contribution in [2.45, 2.75) is 18.9 Å². The van der Waals surface area contributed by atoms with Gasteiger partial charge in [-0.3, -0.25) is 14.9 Å². The molecule has 2 aromatic rings. The van der Waals surface area contributed by atoms with E-state index in [1.165, 1.54) is 10.6 Å². The van der Waals surface area contributed by atoms with Crippen LogP contribution in [0.5, 0.6) is 0 Å². The van der Waals surface area contributed by atoms with Gasteiger partial charge < -0.3 is 5.32 Å². The number of aromatic amines is 1. The van der Waals surface area contributed by atoms with Crippen LogP contribution in [0, 0.1) is 0 Å². The zero-order valence-electron chi connectivity index (χ0n) is 13.3. The summed E-state index contributed by atoms with van der Waals surface area (Å²) in [5, 5.41) is 9.75. The molecule has 8 nitrogen and oxygen atoms in total. The molecule has 0 spiro atoms. The van der Waals surface area contributed by atoms with Crippen molar-refractivity contribution in [2.75, 3.05) is 19.3 Å². The molecule has 0 aliphatic carbocycles. The van der Waals surface area contributed by atoms with E-state index in [9.17, 15) is 13.2 Å². The van der Waals surface area contributed by atoms with Crippen molar-refractivity contribution in [3.8, 4) is 11.4 Å². The summed E-state index contributed by atoms with van der Waals surface area (Å²) >= 11 is 0. The Bertz CT molecular complexity index is 811. The molecule has 9 heteroatoms. The largest absolute Gasteiger partial charge is 0.348 e. The average molecular weight is 349 g/mol. The molecule has 128 valence electrons. The number of hydrogen-bond acceptors (Lipinski definition) is 5. The van der Waals surface area contributed by atoms with Gasteiger partial charge in [0.25, 0.3) is 5.91 Å². The number of aromatic nitrogens is 3. The minimum atomic E-state index is -3.16. The molecule has 1 aliphatic heterocycles. The maximum Gasteiger partial charge on any atom is 0.269 e. The van der Waals surface area contributed by atoms with Crippen LogP contribution in [0.25, 0.3) is 11.4 Å². The topological polar surface area (TPSA) is 108 Å². The van der Waals surface area contributed by atoms with Crippen LogP contribution in [-0.4, -0.2) is 59.2 Å². The first kappa shape index (κ1) is 16.6. The number of pyridine rings is 1. The van der Waals surface area contributed by atoms with E-state index in [2.05, 4.69) is 20.5 Å². The fraction of sp³-hybridized carbons (Fsp3) is 0.400. The van der Waals surface area contributed by atoms with Gasteiger partial charge in [0.1, 0.15) is 11.4 Å². The molecule has 1 saturated heterocycles. The summed E-state index contributed by atoms with van der Waals surface area (Å²) in [6.07, 6.45) is 4.06. The van der Waals surface area contributed by atoms with Crippen molar-refractivity contribution < 1.29 is 13.2 Å². The summed E-state index contributed by atoms with van der Waals surface area (Å²) < 4.78 is 24.4. The number of carbonyl (C=O) groups is 1. The molecule has 3 heterocycles. The molecule has 0 saturated carbocycles. The van der Waals surface area contributed by atoms with Crippen LogP contribution < -0.4 is 5.32 Å². The molecule has 0 aromatic carbocycles. The van der Waals surface area contributed by atoms with Crippen LogP contribution in [0.1, 0.15) is 23.3 Å². The number of sulfonamides is 1. The zero-order valence-corrected chi connectivity index (χ0v) is 14.1. The van der Waals surface area contributed by atoms with E-state index in [0.29, 0.717) is 43.0 Å². The summed E-state index contributed by atoms with van der Waals surface area (Å²) in [7, 11) is -3.16. The number of nitrogens with zero attached hydrogens (tertiary/aromatic N) is 3. The Morgan fingerprint density at radius 1 is 1.29 bits per heavy atom. The van der Waals surface area contributed by atoms with Crippen molar-refractivity contribution in [1.82, 2.24) is 24.8 Å². The number of rotatable bonds is 4. The van der Waals surface area contributed by atoms with E-state index in [0.717, 1.165) is 0 Å². The fourth-order valence-corrected chi connectivity index (χ4v) is 3.55. The second-order valence-electron chi connectivity index (χ2n) is 5.79. The second kappa shape index (κ2) is 6.70. The normalized spacial score (nSPS) is 16.9. The lowest BCUT2D eigenvalue weighted by atomic mass is 10.1. The molecule has 2 N–H and O–H groups in total. The van der Waals surface area contributed by atoms with Gasteiger partial charge in [-0.2, -0.15) is 5.10 Å². The van der Waals surface area contributed by atoms with Crippen LogP contribution in [0.2, 0.25) is 0 Å². The quantitative estimate of drug-likeness (QED) is 0.841. The Morgan fingerprint density at radius 3 is 2.67 bits per heavy atom. The molecular weight excluding hydrogens is 330 g/mol. The third kappa shape index (κ3) is 3.80. The number of H-pyrrole nitrogens is 1. The number of nitrogens with one attached hydrogen (secondary N) is 2. The highest BCUT2D eigenvalue weighted by Crippen LogP contribution is 2.16. The lowest BCUT2D eigenvalue weighted by molar-refractivity contribution is 0.0919. The third-order valence-electron chi connectivity index (χ3n) is 4.01. The van der Waals surface area contributed by atoms with E-state index in [-0.39, 0.29) is 11.9 Å². The Labute approximate surface area is 140 Å². The fourth-order valence-electron chi connectivity index (χ4n) is 2.68. The van der Waals surface area contributed by atoms with E-state index in [4.69, 9.17) is 0 Å². The van der Waals surface area contributed by atoms with Gasteiger partial charge in [-0.05, 0) is 31.0 Å². The molecule has 1 aliphatic rings. The molecule has 1 amide bonds. The summed E-state index contributed by atoms with van der Waals surface area (Å²) in [4.78, 5) is 16.5. The predicted molar refractivity (Wildman–Crippen MR) is 88.7 cm³/mol. The van der Waals surface area contributed by atoms with E-state index >= 15 is 0 Å². The highest BCUT2D eigenvalue weighted by atomic mass is 32.2. The first-order valence-corrected chi connectivity index (χ1v) is 9.51. The van der Waals surface area contributed by atoms with Crippen LogP contribution in [0.4, 0.5) is 0 Å². The number of carbonyl (C=O) groups excluding carboxylic acids is 1. The van der Waals surface area contributed by atoms with E-state index in [1.54, 1.807) is 12.3 Å². The van der Waals surface area contributed by atoms with Gasteiger partial charge in [0.2, 0.25) is 10.0 Å². The molecule has 2 aromatic heterocycles. The van der Waals surface area contributed by atoms with Gasteiger partial charge in [0.05, 0.1) is 11.9 Å². The van der Waals surface area contributed by atoms with Crippen molar-refractivity contribution in [3.05, 3.63) is 36.2 Å². The molecule has 0 unspecified atom stereocenters. The van der Waals surface area contributed by atoms with Crippen molar-refractivity contribution in [1.29, 1.82) is 0 Å². The predicted octanol–water partition coefficient (Wildman–Crippen LogP) is 0.625. The third-order valence-corrected chi connectivity index (χ3v) is 5.31. The lowest BCUT2D eigenvalue weighted by Crippen LogP contribution is -2.46. The molecular formula is C15H19N5O3S. The molecule has 0 bridgehead atoms. The zero-order chi connectivity index (χ0) is 17.2. The summed E-state index contributed by atoms with van der Waals surface area (Å²) in [5.41, 5.74) is 1.66. The van der Waals surface area contributed by atoms with Gasteiger partial charge in [0.15, 0.2) is 0 Å². The van der Waals surface area contributed by atoms with Gasteiger partial charge >= 0.3 is 0 Å². The van der Waals surface area contributed by atoms with E-state index < -0.39 is 10.0 Å². The Morgan fingerprint density at radius 2 is 2.04 bits per heavy atom. The highest BCUT2D eigenvalue weighted by Gasteiger charge is 2.26. The van der Waals surface area contributed by atoms with Gasteiger partial charge in [0, 0.05) is 25.3 Å². The molecule has 0 radical (unpaired) electrons. The summed E-state index contributed by atoms with van der Waals surface area (Å²) in [5.74, 6) is -0.248. The smallest absolute Gasteiger partial charge is 0.269 e. The van der Waals surface area contributed by atoms with Crippen LogP contribution in [0.3, 0.4) is 0 Å². The second-order valence-corrected chi connectivity index (χ2v) is 7.77. The number of amides is 1. The monoisotopic (exact) mass is 349 g/mol. The van der Waals surface area contributed by atoms with Crippen LogP contribution >= 0.6 is 0 Å². The molecule has 3 rings (SSSR count). The maximum absolute atomic E-state index is 12.3.